The van der Waals surface area contributed by atoms with Crippen LogP contribution in [0.5, 0.6) is 11.5 Å². The van der Waals surface area contributed by atoms with Crippen molar-refractivity contribution in [3.8, 4) is 22.6 Å². The minimum Gasteiger partial charge on any atom is -0.490 e. The molecule has 1 aromatic heterocycles. The van der Waals surface area contributed by atoms with E-state index in [0.717, 1.165) is 48.1 Å². The summed E-state index contributed by atoms with van der Waals surface area (Å²) < 4.78 is 19.8. The highest BCUT2D eigenvalue weighted by molar-refractivity contribution is 6.03. The Morgan fingerprint density at radius 3 is 2.36 bits per heavy atom. The minimum atomic E-state index is -0.856. The van der Waals surface area contributed by atoms with Crippen LogP contribution in [-0.2, 0) is 21.4 Å². The quantitative estimate of drug-likeness (QED) is 0.0363. The Kier molecular flexibility index (Phi) is 19.5. The summed E-state index contributed by atoms with van der Waals surface area (Å²) in [5.41, 5.74) is 6.43. The molecule has 0 aliphatic carbocycles. The summed E-state index contributed by atoms with van der Waals surface area (Å²) in [6, 6.07) is 23.3. The van der Waals surface area contributed by atoms with Crippen LogP contribution < -0.4 is 25.4 Å². The number of nitrogens with zero attached hydrogens (tertiary/aromatic N) is 4. The van der Waals surface area contributed by atoms with Gasteiger partial charge in [0.2, 0.25) is 12.2 Å². The lowest BCUT2D eigenvalue weighted by atomic mass is 10.0. The Morgan fingerprint density at radius 1 is 0.970 bits per heavy atom. The standard InChI is InChI=1S/C30H40N4O8.C13H14N2O.C7H9N/c1-33(2)18-20(7-5-11-35)32-28(38)9-6-12-40-26-16-25-24(30(39)34-10-4-3-8-21(34)17-31-25)15-27(26)42-29-14-22(37)13-23(19-36)41-29;1-14-12-5-3-10(4-6-12)11-7-13(9-16)15(2)8-11;1-8-7-5-3-2-4-6-7/h5,7,11,15-18,21-23,29,36-37H,3-4,6,8-10,12-14,19H2,1-2H3,(H,32,38);3-9,14H,1-2H3;2-6,8H,1H3/b7-5+,20-18+;;. The Balaban J connectivity index is 0.000000275. The molecule has 3 aromatic carbocycles. The number of anilines is 2. The van der Waals surface area contributed by atoms with E-state index in [9.17, 15) is 29.4 Å². The number of ether oxygens (including phenoxy) is 3. The first-order valence-corrected chi connectivity index (χ1v) is 22.1. The molecule has 352 valence electrons. The van der Waals surface area contributed by atoms with E-state index in [2.05, 4.69) is 20.9 Å². The number of carbonyl (C=O) groups excluding carboxylic acids is 4. The van der Waals surface area contributed by atoms with Gasteiger partial charge in [-0.05, 0) is 79.8 Å². The first-order chi connectivity index (χ1) is 31.9. The molecule has 4 unspecified atom stereocenters. The number of piperidine rings is 1. The fourth-order valence-corrected chi connectivity index (χ4v) is 7.47. The number of aliphatic imine (C=N–C) groups is 1. The summed E-state index contributed by atoms with van der Waals surface area (Å²) >= 11 is 0. The average molecular weight is 906 g/mol. The van der Waals surface area contributed by atoms with Crippen molar-refractivity contribution < 1.29 is 43.6 Å². The zero-order valence-corrected chi connectivity index (χ0v) is 38.4. The number of rotatable bonds is 16. The van der Waals surface area contributed by atoms with Crippen molar-refractivity contribution in [2.24, 2.45) is 12.0 Å². The molecule has 0 bridgehead atoms. The third-order valence-electron chi connectivity index (χ3n) is 10.9. The average Bonchev–Trinajstić information content (AvgIpc) is 3.65. The maximum atomic E-state index is 13.5. The van der Waals surface area contributed by atoms with Gasteiger partial charge in [-0.3, -0.25) is 24.2 Å². The van der Waals surface area contributed by atoms with E-state index in [4.69, 9.17) is 14.2 Å². The SMILES string of the molecule is CN(C)/C=C(\C=C\C=O)NC(=O)CCCOc1cc2c(cc1OC1CC(O)CC(CO)O1)C(=O)N1CCCCC1C=N2.CNc1ccc(-c2cc(C=O)n(C)c2)cc1.CNc1ccccc1. The van der Waals surface area contributed by atoms with Crippen LogP contribution in [0.3, 0.4) is 0 Å². The maximum absolute atomic E-state index is 13.5. The highest BCUT2D eigenvalue weighted by atomic mass is 16.7. The summed E-state index contributed by atoms with van der Waals surface area (Å²) in [6.07, 6.45) is 11.5. The minimum absolute atomic E-state index is 0.0687. The summed E-state index contributed by atoms with van der Waals surface area (Å²) in [7, 11) is 9.29. The number of benzene rings is 3. The zero-order valence-electron chi connectivity index (χ0n) is 38.4. The molecular formula is C50H63N7O9. The molecule has 0 spiro atoms. The van der Waals surface area contributed by atoms with Crippen molar-refractivity contribution in [3.05, 3.63) is 114 Å². The molecule has 2 amide bonds. The lowest BCUT2D eigenvalue weighted by Gasteiger charge is -2.33. The third-order valence-corrected chi connectivity index (χ3v) is 10.9. The van der Waals surface area contributed by atoms with Gasteiger partial charge in [0.1, 0.15) is 6.29 Å². The number of para-hydroxylation sites is 1. The van der Waals surface area contributed by atoms with E-state index in [1.54, 1.807) is 37.3 Å². The van der Waals surface area contributed by atoms with E-state index < -0.39 is 18.5 Å². The smallest absolute Gasteiger partial charge is 0.256 e. The lowest BCUT2D eigenvalue weighted by molar-refractivity contribution is -0.185. The number of aliphatic hydroxyl groups excluding tert-OH is 2. The molecule has 5 N–H and O–H groups in total. The third kappa shape index (κ3) is 14.9. The van der Waals surface area contributed by atoms with E-state index in [1.165, 1.54) is 12.2 Å². The van der Waals surface area contributed by atoms with Gasteiger partial charge in [0.15, 0.2) is 17.8 Å². The van der Waals surface area contributed by atoms with Crippen molar-refractivity contribution >= 4 is 47.7 Å². The topological polar surface area (TPSA) is 196 Å². The number of amides is 2. The number of aromatic nitrogens is 1. The molecule has 0 saturated carbocycles. The highest BCUT2D eigenvalue weighted by Crippen LogP contribution is 2.39. The largest absolute Gasteiger partial charge is 0.490 e. The van der Waals surface area contributed by atoms with Gasteiger partial charge in [-0.2, -0.15) is 0 Å². The van der Waals surface area contributed by atoms with E-state index in [0.29, 0.717) is 54.1 Å². The number of aryl methyl sites for hydroxylation is 1. The van der Waals surface area contributed by atoms with Crippen molar-refractivity contribution in [2.75, 3.05) is 58.6 Å². The van der Waals surface area contributed by atoms with Gasteiger partial charge in [0, 0.05) is 103 Å². The van der Waals surface area contributed by atoms with Crippen LogP contribution in [0, 0.1) is 0 Å². The molecular weight excluding hydrogens is 843 g/mol. The Hall–Kier alpha value is -6.75. The number of aldehydes is 2. The normalized spacial score (nSPS) is 18.8. The molecule has 16 nitrogen and oxygen atoms in total. The molecule has 3 aliphatic rings. The molecule has 3 aliphatic heterocycles. The molecule has 4 aromatic rings. The molecule has 4 atom stereocenters. The number of hydrogen-bond acceptors (Lipinski definition) is 13. The summed E-state index contributed by atoms with van der Waals surface area (Å²) in [5.74, 6) is 0.198. The first kappa shape index (κ1) is 50.3. The molecule has 66 heavy (non-hydrogen) atoms. The van der Waals surface area contributed by atoms with Crippen molar-refractivity contribution in [3.63, 3.8) is 0 Å². The molecule has 2 saturated heterocycles. The molecule has 16 heteroatoms. The van der Waals surface area contributed by atoms with E-state index >= 15 is 0 Å². The Bertz CT molecular complexity index is 2290. The Morgan fingerprint density at radius 2 is 1.71 bits per heavy atom. The highest BCUT2D eigenvalue weighted by Gasteiger charge is 2.33. The first-order valence-electron chi connectivity index (χ1n) is 22.1. The maximum Gasteiger partial charge on any atom is 0.256 e. The van der Waals surface area contributed by atoms with Crippen LogP contribution in [0.2, 0.25) is 0 Å². The van der Waals surface area contributed by atoms with Gasteiger partial charge in [0.25, 0.3) is 5.91 Å². The molecule has 0 radical (unpaired) electrons. The van der Waals surface area contributed by atoms with Crippen LogP contribution in [0.25, 0.3) is 11.1 Å². The van der Waals surface area contributed by atoms with Gasteiger partial charge in [0.05, 0.1) is 54.1 Å². The number of hydrogen-bond donors (Lipinski definition) is 5. The van der Waals surface area contributed by atoms with Gasteiger partial charge in [-0.25, -0.2) is 0 Å². The molecule has 7 rings (SSSR count). The van der Waals surface area contributed by atoms with Crippen LogP contribution in [0.1, 0.15) is 65.8 Å². The zero-order chi connectivity index (χ0) is 47.4. The Labute approximate surface area is 386 Å². The van der Waals surface area contributed by atoms with Crippen LogP contribution in [0.15, 0.2) is 108 Å². The van der Waals surface area contributed by atoms with Crippen LogP contribution in [-0.4, -0.2) is 128 Å². The fourth-order valence-electron chi connectivity index (χ4n) is 7.47. The number of nitrogens with one attached hydrogen (secondary N) is 3. The molecule has 4 heterocycles. The molecule has 2 fully saturated rings. The number of aliphatic hydroxyl groups is 2. The summed E-state index contributed by atoms with van der Waals surface area (Å²) in [5, 5.41) is 28.7. The number of carbonyl (C=O) groups is 4. The second kappa shape index (κ2) is 25.7. The van der Waals surface area contributed by atoms with Gasteiger partial charge in [-0.15, -0.1) is 0 Å². The number of allylic oxidation sites excluding steroid dienone is 2. The van der Waals surface area contributed by atoms with Crippen LogP contribution >= 0.6 is 0 Å². The van der Waals surface area contributed by atoms with Crippen molar-refractivity contribution in [1.82, 2.24) is 19.7 Å². The predicted octanol–water partition coefficient (Wildman–Crippen LogP) is 6.34. The summed E-state index contributed by atoms with van der Waals surface area (Å²) in [4.78, 5) is 55.7. The fraction of sp³-hybridized carbons (Fsp3) is 0.380. The monoisotopic (exact) mass is 905 g/mol. The van der Waals surface area contributed by atoms with Crippen molar-refractivity contribution in [1.29, 1.82) is 0 Å². The second-order valence-corrected chi connectivity index (χ2v) is 16.1. The second-order valence-electron chi connectivity index (χ2n) is 16.1. The van der Waals surface area contributed by atoms with Crippen molar-refractivity contribution in [2.45, 2.75) is 69.5 Å². The van der Waals surface area contributed by atoms with Gasteiger partial charge >= 0.3 is 0 Å². The van der Waals surface area contributed by atoms with E-state index in [1.807, 2.05) is 104 Å². The number of fused-ring (bicyclic) bond motifs is 2. The van der Waals surface area contributed by atoms with E-state index in [-0.39, 0.29) is 49.7 Å². The van der Waals surface area contributed by atoms with Crippen LogP contribution in [0.4, 0.5) is 17.1 Å². The predicted molar refractivity (Wildman–Crippen MR) is 257 cm³/mol. The lowest BCUT2D eigenvalue weighted by Crippen LogP contribution is -2.43. The van der Waals surface area contributed by atoms with Gasteiger partial charge in [-0.1, -0.05) is 30.3 Å². The summed E-state index contributed by atoms with van der Waals surface area (Å²) in [6.45, 7) is 0.559. The van der Waals surface area contributed by atoms with Gasteiger partial charge < -0.3 is 54.7 Å².